The maximum atomic E-state index is 11.5. The molecule has 1 unspecified atom stereocenters. The first kappa shape index (κ1) is 13.1. The highest BCUT2D eigenvalue weighted by Gasteiger charge is 2.43. The van der Waals surface area contributed by atoms with Crippen LogP contribution >= 0.6 is 0 Å². The van der Waals surface area contributed by atoms with Gasteiger partial charge in [0.2, 0.25) is 0 Å². The van der Waals surface area contributed by atoms with Crippen molar-refractivity contribution < 1.29 is 19.4 Å². The third kappa shape index (κ3) is 2.78. The molecule has 0 aliphatic rings. The molecule has 1 rings (SSSR count). The molecule has 90 valence electrons. The maximum Gasteiger partial charge on any atom is 0.420 e. The molecule has 0 aromatic heterocycles. The Bertz CT molecular complexity index is 448. The summed E-state index contributed by atoms with van der Waals surface area (Å²) in [6.07, 6.45) is 0. The van der Waals surface area contributed by atoms with Gasteiger partial charge in [-0.2, -0.15) is 4.79 Å². The molecule has 0 saturated heterocycles. The Kier molecular flexibility index (Phi) is 4.15. The number of hydrogen-bond acceptors (Lipinski definition) is 3. The molecule has 0 fully saturated rings. The Morgan fingerprint density at radius 1 is 1.47 bits per heavy atom. The van der Waals surface area contributed by atoms with Gasteiger partial charge in [0, 0.05) is 0 Å². The number of carbonyl (C=O) groups excluding carboxylic acids is 1. The predicted octanol–water partition coefficient (Wildman–Crippen LogP) is 1.13. The third-order valence-electron chi connectivity index (χ3n) is 2.37. The van der Waals surface area contributed by atoms with Gasteiger partial charge in [0.25, 0.3) is 0 Å². The van der Waals surface area contributed by atoms with Crippen molar-refractivity contribution in [3.8, 4) is 0 Å². The lowest BCUT2D eigenvalue weighted by Gasteiger charge is -2.17. The molecule has 0 amide bonds. The van der Waals surface area contributed by atoms with E-state index in [0.29, 0.717) is 5.56 Å². The Morgan fingerprint density at radius 2 is 2.06 bits per heavy atom. The van der Waals surface area contributed by atoms with Crippen LogP contribution in [0.5, 0.6) is 0 Å². The SMILES string of the molecule is CCOC(=O)C(=[N+]=[N-])C(C)(O)c1ccccc1. The number of hydrogen-bond donors (Lipinski definition) is 1. The van der Waals surface area contributed by atoms with Gasteiger partial charge in [0.05, 0.1) is 6.61 Å². The molecule has 5 nitrogen and oxygen atoms in total. The van der Waals surface area contributed by atoms with Crippen molar-refractivity contribution in [2.45, 2.75) is 19.4 Å². The van der Waals surface area contributed by atoms with Gasteiger partial charge in [-0.05, 0) is 19.4 Å². The van der Waals surface area contributed by atoms with Crippen LogP contribution in [0, 0.1) is 0 Å². The fraction of sp³-hybridized carbons (Fsp3) is 0.333. The highest BCUT2D eigenvalue weighted by molar-refractivity contribution is 6.36. The smallest absolute Gasteiger partial charge is 0.420 e. The van der Waals surface area contributed by atoms with Crippen LogP contribution in [-0.2, 0) is 15.1 Å². The van der Waals surface area contributed by atoms with Gasteiger partial charge < -0.3 is 15.4 Å². The van der Waals surface area contributed by atoms with Gasteiger partial charge in [-0.15, -0.1) is 0 Å². The zero-order chi connectivity index (χ0) is 12.9. The lowest BCUT2D eigenvalue weighted by molar-refractivity contribution is -0.143. The van der Waals surface area contributed by atoms with Crippen LogP contribution in [0.2, 0.25) is 0 Å². The first-order valence-corrected chi connectivity index (χ1v) is 5.21. The van der Waals surface area contributed by atoms with Gasteiger partial charge in [0.15, 0.2) is 5.60 Å². The second kappa shape index (κ2) is 5.39. The summed E-state index contributed by atoms with van der Waals surface area (Å²) in [5.41, 5.74) is 7.16. The average molecular weight is 234 g/mol. The normalized spacial score (nSPS) is 13.4. The maximum absolute atomic E-state index is 11.5. The molecule has 0 spiro atoms. The van der Waals surface area contributed by atoms with Gasteiger partial charge in [0.1, 0.15) is 0 Å². The summed E-state index contributed by atoms with van der Waals surface area (Å²) in [6.45, 7) is 3.14. The quantitative estimate of drug-likeness (QED) is 0.367. The van der Waals surface area contributed by atoms with Crippen LogP contribution in [0.1, 0.15) is 19.4 Å². The van der Waals surface area contributed by atoms with Gasteiger partial charge in [-0.1, -0.05) is 30.3 Å². The standard InChI is InChI=1S/C12H14N2O3/c1-3-17-11(15)10(14-13)12(2,16)9-7-5-4-6-8-9/h4-8,16H,3H2,1-2H3. The largest absolute Gasteiger partial charge is 0.457 e. The monoisotopic (exact) mass is 234 g/mol. The van der Waals surface area contributed by atoms with Crippen LogP contribution in [0.4, 0.5) is 0 Å². The summed E-state index contributed by atoms with van der Waals surface area (Å²) < 4.78 is 4.71. The summed E-state index contributed by atoms with van der Waals surface area (Å²) in [5, 5.41) is 10.3. The van der Waals surface area contributed by atoms with Crippen molar-refractivity contribution in [2.75, 3.05) is 6.61 Å². The topological polar surface area (TPSA) is 82.9 Å². The highest BCUT2D eigenvalue weighted by Crippen LogP contribution is 2.21. The number of rotatable bonds is 4. The molecule has 17 heavy (non-hydrogen) atoms. The molecule has 1 aromatic rings. The number of benzene rings is 1. The number of ether oxygens (including phenoxy) is 1. The first-order chi connectivity index (χ1) is 8.04. The Hall–Kier alpha value is -1.97. The molecular weight excluding hydrogens is 220 g/mol. The lowest BCUT2D eigenvalue weighted by Crippen LogP contribution is -2.39. The molecule has 0 saturated carbocycles. The third-order valence-corrected chi connectivity index (χ3v) is 2.37. The number of carbonyl (C=O) groups is 1. The van der Waals surface area contributed by atoms with Crippen LogP contribution in [0.3, 0.4) is 0 Å². The summed E-state index contributed by atoms with van der Waals surface area (Å²) in [7, 11) is 0. The summed E-state index contributed by atoms with van der Waals surface area (Å²) in [5.74, 6) is -0.844. The zero-order valence-electron chi connectivity index (χ0n) is 9.75. The van der Waals surface area contributed by atoms with E-state index in [0.717, 1.165) is 0 Å². The first-order valence-electron chi connectivity index (χ1n) is 5.21. The lowest BCUT2D eigenvalue weighted by atomic mass is 9.91. The Morgan fingerprint density at radius 3 is 2.53 bits per heavy atom. The van der Waals surface area contributed by atoms with E-state index in [1.807, 2.05) is 0 Å². The Labute approximate surface area is 99.3 Å². The number of esters is 1. The summed E-state index contributed by atoms with van der Waals surface area (Å²) in [4.78, 5) is 14.4. The van der Waals surface area contributed by atoms with Crippen molar-refractivity contribution in [2.24, 2.45) is 0 Å². The number of nitrogens with zero attached hydrogens (tertiary/aromatic N) is 2. The minimum atomic E-state index is -1.69. The highest BCUT2D eigenvalue weighted by atomic mass is 16.5. The average Bonchev–Trinajstić information content (AvgIpc) is 2.31. The van der Waals surface area contributed by atoms with Crippen LogP contribution < -0.4 is 0 Å². The van der Waals surface area contributed by atoms with Crippen molar-refractivity contribution in [1.82, 2.24) is 0 Å². The van der Waals surface area contributed by atoms with E-state index in [1.54, 1.807) is 37.3 Å². The van der Waals surface area contributed by atoms with Gasteiger partial charge in [-0.25, -0.2) is 4.79 Å². The summed E-state index contributed by atoms with van der Waals surface area (Å²) >= 11 is 0. The van der Waals surface area contributed by atoms with E-state index in [1.165, 1.54) is 6.92 Å². The van der Waals surface area contributed by atoms with Crippen LogP contribution in [0.15, 0.2) is 30.3 Å². The molecule has 0 heterocycles. The van der Waals surface area contributed by atoms with Crippen molar-refractivity contribution in [3.05, 3.63) is 41.4 Å². The van der Waals surface area contributed by atoms with E-state index in [-0.39, 0.29) is 6.61 Å². The minimum absolute atomic E-state index is 0.142. The predicted molar refractivity (Wildman–Crippen MR) is 61.3 cm³/mol. The molecule has 0 radical (unpaired) electrons. The van der Waals surface area contributed by atoms with Gasteiger partial charge in [-0.3, -0.25) is 0 Å². The molecular formula is C12H14N2O3. The molecule has 1 atom stereocenters. The van der Waals surface area contributed by atoms with Crippen LogP contribution in [0.25, 0.3) is 5.53 Å². The zero-order valence-corrected chi connectivity index (χ0v) is 9.75. The Balaban J connectivity index is 3.12. The number of aliphatic hydroxyl groups is 1. The molecule has 0 bridgehead atoms. The van der Waals surface area contributed by atoms with E-state index in [2.05, 4.69) is 4.79 Å². The fourth-order valence-electron chi connectivity index (χ4n) is 1.44. The molecule has 1 aromatic carbocycles. The molecule has 0 aliphatic carbocycles. The molecule has 0 aliphatic heterocycles. The fourth-order valence-corrected chi connectivity index (χ4v) is 1.44. The van der Waals surface area contributed by atoms with Crippen LogP contribution in [-0.4, -0.2) is 28.2 Å². The van der Waals surface area contributed by atoms with E-state index in [4.69, 9.17) is 10.3 Å². The van der Waals surface area contributed by atoms with Crippen molar-refractivity contribution in [1.29, 1.82) is 0 Å². The molecule has 5 heteroatoms. The van der Waals surface area contributed by atoms with Gasteiger partial charge >= 0.3 is 11.7 Å². The van der Waals surface area contributed by atoms with E-state index >= 15 is 0 Å². The molecule has 1 N–H and O–H groups in total. The second-order valence-electron chi connectivity index (χ2n) is 3.61. The minimum Gasteiger partial charge on any atom is -0.457 e. The van der Waals surface area contributed by atoms with E-state index < -0.39 is 17.3 Å². The van der Waals surface area contributed by atoms with Crippen molar-refractivity contribution >= 4 is 11.7 Å². The van der Waals surface area contributed by atoms with Crippen molar-refractivity contribution in [3.63, 3.8) is 0 Å². The van der Waals surface area contributed by atoms with E-state index in [9.17, 15) is 9.90 Å². The second-order valence-corrected chi connectivity index (χ2v) is 3.61. The summed E-state index contributed by atoms with van der Waals surface area (Å²) in [6, 6.07) is 8.46.